The van der Waals surface area contributed by atoms with Crippen LogP contribution in [0.3, 0.4) is 0 Å². The van der Waals surface area contributed by atoms with Crippen LogP contribution in [-0.2, 0) is 4.74 Å². The van der Waals surface area contributed by atoms with Crippen LogP contribution in [0.2, 0.25) is 0 Å². The lowest BCUT2D eigenvalue weighted by atomic mass is 10.2. The van der Waals surface area contributed by atoms with E-state index in [4.69, 9.17) is 4.74 Å². The highest BCUT2D eigenvalue weighted by Crippen LogP contribution is 2.09. The first-order valence-electron chi connectivity index (χ1n) is 5.96. The summed E-state index contributed by atoms with van der Waals surface area (Å²) in [7, 11) is 0. The molecule has 2 rings (SSSR count). The zero-order chi connectivity index (χ0) is 12.3. The van der Waals surface area contributed by atoms with Crippen molar-refractivity contribution in [1.82, 2.24) is 10.2 Å². The van der Waals surface area contributed by atoms with Gasteiger partial charge in [-0.2, -0.15) is 5.10 Å². The van der Waals surface area contributed by atoms with Gasteiger partial charge in [0.2, 0.25) is 0 Å². The normalized spacial score (nSPS) is 23.2. The molecule has 1 aromatic rings. The fraction of sp³-hybridized carbons (Fsp3) is 0.462. The number of hydrogen-bond acceptors (Lipinski definition) is 3. The molecular weight excluding hydrogens is 214 g/mol. The van der Waals surface area contributed by atoms with E-state index in [0.29, 0.717) is 0 Å². The summed E-state index contributed by atoms with van der Waals surface area (Å²) in [6.07, 6.45) is 6.07. The Labute approximate surface area is 101 Å². The third-order valence-corrected chi connectivity index (χ3v) is 2.93. The van der Waals surface area contributed by atoms with Gasteiger partial charge >= 0.3 is 0 Å². The molecular formula is C13H19N3O. The van der Waals surface area contributed by atoms with E-state index in [9.17, 15) is 0 Å². The van der Waals surface area contributed by atoms with Gasteiger partial charge in [-0.15, -0.1) is 0 Å². The van der Waals surface area contributed by atoms with Gasteiger partial charge in [-0.25, -0.2) is 0 Å². The van der Waals surface area contributed by atoms with Crippen molar-refractivity contribution >= 4 is 18.0 Å². The second kappa shape index (κ2) is 5.19. The van der Waals surface area contributed by atoms with Gasteiger partial charge in [-0.3, -0.25) is 5.10 Å². The van der Waals surface area contributed by atoms with Crippen molar-refractivity contribution in [2.24, 2.45) is 0 Å². The first-order valence-corrected chi connectivity index (χ1v) is 5.96. The molecule has 2 heterocycles. The van der Waals surface area contributed by atoms with Crippen LogP contribution in [-0.4, -0.2) is 36.0 Å². The molecule has 4 heteroatoms. The number of hydrogen-bond donors (Lipinski definition) is 1. The number of H-pyrrole nitrogens is 1. The molecule has 1 fully saturated rings. The van der Waals surface area contributed by atoms with E-state index in [2.05, 4.69) is 28.6 Å². The van der Waals surface area contributed by atoms with Gasteiger partial charge in [0.05, 0.1) is 18.1 Å². The zero-order valence-corrected chi connectivity index (χ0v) is 10.4. The highest BCUT2D eigenvalue weighted by atomic mass is 16.5. The Morgan fingerprint density at radius 2 is 2.41 bits per heavy atom. The van der Waals surface area contributed by atoms with Crippen molar-refractivity contribution in [3.63, 3.8) is 0 Å². The Kier molecular flexibility index (Phi) is 3.64. The second-order valence-electron chi connectivity index (χ2n) is 4.19. The molecule has 1 aromatic heterocycles. The molecule has 1 aliphatic heterocycles. The average Bonchev–Trinajstić information content (AvgIpc) is 2.72. The summed E-state index contributed by atoms with van der Waals surface area (Å²) in [4.78, 5) is 2.26. The van der Waals surface area contributed by atoms with Crippen LogP contribution in [0.5, 0.6) is 0 Å². The Balaban J connectivity index is 2.42. The van der Waals surface area contributed by atoms with Gasteiger partial charge in [0, 0.05) is 18.3 Å². The minimum atomic E-state index is 0.256. The summed E-state index contributed by atoms with van der Waals surface area (Å²) in [5.74, 6) is 0.994. The molecule has 0 bridgehead atoms. The van der Waals surface area contributed by atoms with Crippen molar-refractivity contribution in [2.75, 3.05) is 24.6 Å². The highest BCUT2D eigenvalue weighted by Gasteiger charge is 2.19. The maximum Gasteiger partial charge on any atom is 0.158 e. The van der Waals surface area contributed by atoms with E-state index in [1.54, 1.807) is 6.08 Å². The molecule has 0 aromatic carbocycles. The van der Waals surface area contributed by atoms with Crippen LogP contribution in [0.25, 0.3) is 12.2 Å². The van der Waals surface area contributed by atoms with Gasteiger partial charge in [0.25, 0.3) is 0 Å². The monoisotopic (exact) mass is 233 g/mol. The predicted octanol–water partition coefficient (Wildman–Crippen LogP) is 0.402. The van der Waals surface area contributed by atoms with E-state index in [-0.39, 0.29) is 6.10 Å². The third kappa shape index (κ3) is 2.42. The van der Waals surface area contributed by atoms with Crippen LogP contribution in [0.4, 0.5) is 5.82 Å². The Morgan fingerprint density at radius 3 is 3.06 bits per heavy atom. The number of ether oxygens (including phenoxy) is 1. The summed E-state index contributed by atoms with van der Waals surface area (Å²) >= 11 is 0. The maximum absolute atomic E-state index is 5.54. The molecule has 0 radical (unpaired) electrons. The van der Waals surface area contributed by atoms with Crippen molar-refractivity contribution in [3.05, 3.63) is 23.2 Å². The average molecular weight is 233 g/mol. The van der Waals surface area contributed by atoms with Crippen molar-refractivity contribution in [2.45, 2.75) is 20.0 Å². The van der Waals surface area contributed by atoms with Crippen LogP contribution < -0.4 is 15.5 Å². The number of morpholine rings is 1. The van der Waals surface area contributed by atoms with Crippen LogP contribution in [0.15, 0.2) is 12.7 Å². The van der Waals surface area contributed by atoms with Gasteiger partial charge in [-0.05, 0) is 19.9 Å². The first-order chi connectivity index (χ1) is 8.26. The Morgan fingerprint density at radius 1 is 1.59 bits per heavy atom. The molecule has 1 aliphatic rings. The predicted molar refractivity (Wildman–Crippen MR) is 70.3 cm³/mol. The third-order valence-electron chi connectivity index (χ3n) is 2.93. The number of nitrogens with one attached hydrogen (secondary N) is 1. The summed E-state index contributed by atoms with van der Waals surface area (Å²) in [6.45, 7) is 10.4. The topological polar surface area (TPSA) is 41.1 Å². The van der Waals surface area contributed by atoms with Gasteiger partial charge in [-0.1, -0.05) is 18.7 Å². The van der Waals surface area contributed by atoms with Gasteiger partial charge < -0.3 is 9.64 Å². The van der Waals surface area contributed by atoms with Gasteiger partial charge in [0.15, 0.2) is 5.82 Å². The second-order valence-corrected chi connectivity index (χ2v) is 4.19. The molecule has 1 N–H and O–H groups in total. The molecule has 4 nitrogen and oxygen atoms in total. The van der Waals surface area contributed by atoms with Crippen LogP contribution in [0, 0.1) is 0 Å². The first kappa shape index (κ1) is 11.9. The van der Waals surface area contributed by atoms with Gasteiger partial charge in [0.1, 0.15) is 0 Å². The van der Waals surface area contributed by atoms with E-state index >= 15 is 0 Å². The molecule has 1 unspecified atom stereocenters. The Bertz CT molecular complexity index is 503. The number of rotatable bonds is 2. The highest BCUT2D eigenvalue weighted by molar-refractivity contribution is 5.50. The van der Waals surface area contributed by atoms with E-state index < -0.39 is 0 Å². The number of aromatic nitrogens is 2. The SMILES string of the molecule is C=C/C=c1/c(N2CCOC(C)C2)n[nH]/c1=C/C. The number of nitrogens with zero attached hydrogens (tertiary/aromatic N) is 2. The fourth-order valence-electron chi connectivity index (χ4n) is 2.11. The molecule has 92 valence electrons. The minimum absolute atomic E-state index is 0.256. The molecule has 1 saturated heterocycles. The van der Waals surface area contributed by atoms with Crippen LogP contribution in [0.1, 0.15) is 13.8 Å². The fourth-order valence-corrected chi connectivity index (χ4v) is 2.11. The van der Waals surface area contributed by atoms with E-state index in [0.717, 1.165) is 36.1 Å². The lowest BCUT2D eigenvalue weighted by molar-refractivity contribution is 0.0529. The lowest BCUT2D eigenvalue weighted by Crippen LogP contribution is -2.44. The lowest BCUT2D eigenvalue weighted by Gasteiger charge is -2.31. The number of allylic oxidation sites excluding steroid dienone is 1. The summed E-state index contributed by atoms with van der Waals surface area (Å²) in [5, 5.41) is 9.60. The summed E-state index contributed by atoms with van der Waals surface area (Å²) in [6, 6.07) is 0. The minimum Gasteiger partial charge on any atom is -0.375 e. The maximum atomic E-state index is 5.54. The summed E-state index contributed by atoms with van der Waals surface area (Å²) < 4.78 is 5.54. The Hall–Kier alpha value is -1.55. The van der Waals surface area contributed by atoms with E-state index in [1.807, 2.05) is 19.1 Å². The molecule has 1 atom stereocenters. The number of aromatic amines is 1. The quantitative estimate of drug-likeness (QED) is 0.804. The molecule has 17 heavy (non-hydrogen) atoms. The van der Waals surface area contributed by atoms with Crippen LogP contribution >= 0.6 is 0 Å². The van der Waals surface area contributed by atoms with Crippen molar-refractivity contribution in [3.8, 4) is 0 Å². The summed E-state index contributed by atoms with van der Waals surface area (Å²) in [5.41, 5.74) is 0. The smallest absolute Gasteiger partial charge is 0.158 e. The zero-order valence-electron chi connectivity index (χ0n) is 10.4. The molecule has 0 spiro atoms. The molecule has 0 aliphatic carbocycles. The largest absolute Gasteiger partial charge is 0.375 e. The van der Waals surface area contributed by atoms with Crippen molar-refractivity contribution in [1.29, 1.82) is 0 Å². The molecule has 0 amide bonds. The van der Waals surface area contributed by atoms with E-state index in [1.165, 1.54) is 0 Å². The number of anilines is 1. The standard InChI is InChI=1S/C13H19N3O/c1-4-6-11-12(5-2)14-15-13(11)16-7-8-17-10(3)9-16/h4-6,10,14H,1,7-9H2,2-3H3/b11-6+,12-5+. The van der Waals surface area contributed by atoms with Crippen molar-refractivity contribution < 1.29 is 4.74 Å². The molecule has 0 saturated carbocycles.